The van der Waals surface area contributed by atoms with Crippen LogP contribution in [-0.2, 0) is 4.74 Å². The fourth-order valence-corrected chi connectivity index (χ4v) is 4.71. The Bertz CT molecular complexity index is 1200. The standard InChI is InChI=1S/C25H34N8O/c1-15(2)11-27-21-5-6-22(28-17(21)4)19-7-10-33-23(19)24(26)30-25(31-33)29-20-8-9-32(12-16(20)3)18-13-34-14-18/h5-7,10-11,15-16,18,20H,8-9,12-14H2,1-4H3,(H3,26,29,30,31). The Morgan fingerprint density at radius 2 is 2.06 bits per heavy atom. The number of anilines is 2. The zero-order chi connectivity index (χ0) is 23.8. The van der Waals surface area contributed by atoms with E-state index in [-0.39, 0.29) is 0 Å². The number of nitrogens with one attached hydrogen (secondary N) is 1. The van der Waals surface area contributed by atoms with Crippen LogP contribution in [0.1, 0.15) is 32.9 Å². The molecule has 2 atom stereocenters. The average molecular weight is 463 g/mol. The second-order valence-corrected chi connectivity index (χ2v) is 9.87. The van der Waals surface area contributed by atoms with Crippen LogP contribution < -0.4 is 11.1 Å². The topological polar surface area (TPSA) is 106 Å². The number of rotatable bonds is 6. The number of nitrogens with zero attached hydrogens (tertiary/aromatic N) is 6. The normalized spacial score (nSPS) is 22.0. The van der Waals surface area contributed by atoms with Crippen molar-refractivity contribution in [3.05, 3.63) is 30.1 Å². The van der Waals surface area contributed by atoms with Gasteiger partial charge in [-0.05, 0) is 43.4 Å². The summed E-state index contributed by atoms with van der Waals surface area (Å²) in [5, 5.41) is 8.25. The molecule has 2 saturated heterocycles. The zero-order valence-electron chi connectivity index (χ0n) is 20.4. The van der Waals surface area contributed by atoms with E-state index < -0.39 is 0 Å². The van der Waals surface area contributed by atoms with Crippen LogP contribution in [0.3, 0.4) is 0 Å². The highest BCUT2D eigenvalue weighted by atomic mass is 16.5. The predicted molar refractivity (Wildman–Crippen MR) is 136 cm³/mol. The number of hydrogen-bond acceptors (Lipinski definition) is 8. The number of hydrogen-bond donors (Lipinski definition) is 2. The maximum Gasteiger partial charge on any atom is 0.243 e. The van der Waals surface area contributed by atoms with Gasteiger partial charge in [-0.25, -0.2) is 4.52 Å². The molecule has 2 fully saturated rings. The van der Waals surface area contributed by atoms with Gasteiger partial charge in [0, 0.05) is 37.1 Å². The van der Waals surface area contributed by atoms with Crippen LogP contribution >= 0.6 is 0 Å². The summed E-state index contributed by atoms with van der Waals surface area (Å²) in [7, 11) is 0. The number of nitrogens with two attached hydrogens (primary N) is 1. The fraction of sp³-hybridized carbons (Fsp3) is 0.520. The van der Waals surface area contributed by atoms with Gasteiger partial charge in [-0.15, -0.1) is 5.10 Å². The van der Waals surface area contributed by atoms with Crippen molar-refractivity contribution in [2.24, 2.45) is 16.8 Å². The first-order valence-electron chi connectivity index (χ1n) is 12.1. The van der Waals surface area contributed by atoms with Gasteiger partial charge in [0.25, 0.3) is 0 Å². The van der Waals surface area contributed by atoms with Gasteiger partial charge in [-0.2, -0.15) is 4.98 Å². The van der Waals surface area contributed by atoms with Crippen LogP contribution in [0.2, 0.25) is 0 Å². The largest absolute Gasteiger partial charge is 0.382 e. The first kappa shape index (κ1) is 22.7. The molecule has 0 amide bonds. The molecule has 5 heterocycles. The van der Waals surface area contributed by atoms with Gasteiger partial charge in [0.05, 0.1) is 36.3 Å². The molecule has 5 rings (SSSR count). The van der Waals surface area contributed by atoms with Crippen molar-refractivity contribution < 1.29 is 4.74 Å². The quantitative estimate of drug-likeness (QED) is 0.540. The average Bonchev–Trinajstić information content (AvgIpc) is 3.18. The Morgan fingerprint density at radius 1 is 1.24 bits per heavy atom. The molecule has 0 spiro atoms. The van der Waals surface area contributed by atoms with Gasteiger partial charge in [-0.3, -0.25) is 14.9 Å². The fourth-order valence-electron chi connectivity index (χ4n) is 4.71. The van der Waals surface area contributed by atoms with Crippen molar-refractivity contribution in [1.29, 1.82) is 0 Å². The van der Waals surface area contributed by atoms with Crippen LogP contribution in [-0.4, -0.2) is 69.1 Å². The van der Waals surface area contributed by atoms with Crippen LogP contribution in [0.4, 0.5) is 17.5 Å². The van der Waals surface area contributed by atoms with Crippen molar-refractivity contribution in [3.8, 4) is 11.3 Å². The summed E-state index contributed by atoms with van der Waals surface area (Å²) < 4.78 is 7.16. The molecular weight excluding hydrogens is 428 g/mol. The monoisotopic (exact) mass is 462 g/mol. The van der Waals surface area contributed by atoms with Crippen LogP contribution in [0.25, 0.3) is 16.8 Å². The molecule has 2 unspecified atom stereocenters. The van der Waals surface area contributed by atoms with Gasteiger partial charge in [0.1, 0.15) is 5.52 Å². The van der Waals surface area contributed by atoms with E-state index in [1.165, 1.54) is 0 Å². The molecular formula is C25H34N8O. The molecule has 180 valence electrons. The number of nitrogen functional groups attached to an aromatic ring is 1. The summed E-state index contributed by atoms with van der Waals surface area (Å²) in [6, 6.07) is 6.86. The lowest BCUT2D eigenvalue weighted by atomic mass is 9.92. The number of likely N-dealkylation sites (tertiary alicyclic amines) is 1. The second kappa shape index (κ2) is 9.31. The van der Waals surface area contributed by atoms with E-state index in [0.29, 0.717) is 35.7 Å². The first-order valence-corrected chi connectivity index (χ1v) is 12.1. The summed E-state index contributed by atoms with van der Waals surface area (Å²) in [4.78, 5) is 16.5. The summed E-state index contributed by atoms with van der Waals surface area (Å²) in [5.41, 5.74) is 10.7. The van der Waals surface area contributed by atoms with Crippen LogP contribution in [0, 0.1) is 18.8 Å². The molecule has 0 radical (unpaired) electrons. The molecule has 2 aliphatic heterocycles. The summed E-state index contributed by atoms with van der Waals surface area (Å²) >= 11 is 0. The van der Waals surface area contributed by atoms with Gasteiger partial charge in [-0.1, -0.05) is 20.8 Å². The minimum Gasteiger partial charge on any atom is -0.382 e. The molecule has 0 bridgehead atoms. The lowest BCUT2D eigenvalue weighted by Gasteiger charge is -2.44. The lowest BCUT2D eigenvalue weighted by Crippen LogP contribution is -2.55. The Morgan fingerprint density at radius 3 is 2.74 bits per heavy atom. The molecule has 9 nitrogen and oxygen atoms in total. The Balaban J connectivity index is 1.35. The molecule has 3 aromatic rings. The van der Waals surface area contributed by atoms with E-state index in [9.17, 15) is 0 Å². The van der Waals surface area contributed by atoms with Gasteiger partial charge in [0.15, 0.2) is 5.82 Å². The third-order valence-electron chi connectivity index (χ3n) is 6.77. The SMILES string of the molecule is Cc1nc(-c2ccn3nc(NC4CCN(C5COC5)CC4C)nc(N)c23)ccc1N=CC(C)C. The summed E-state index contributed by atoms with van der Waals surface area (Å²) in [5.74, 6) is 1.88. The zero-order valence-corrected chi connectivity index (χ0v) is 20.4. The van der Waals surface area contributed by atoms with E-state index in [4.69, 9.17) is 20.6 Å². The second-order valence-electron chi connectivity index (χ2n) is 9.87. The third kappa shape index (κ3) is 4.50. The molecule has 0 aliphatic carbocycles. The maximum atomic E-state index is 6.43. The highest BCUT2D eigenvalue weighted by Crippen LogP contribution is 2.30. The van der Waals surface area contributed by atoms with Crippen molar-refractivity contribution in [1.82, 2.24) is 24.5 Å². The minimum absolute atomic E-state index is 0.312. The Labute approximate surface area is 200 Å². The van der Waals surface area contributed by atoms with Crippen LogP contribution in [0.5, 0.6) is 0 Å². The molecule has 0 aromatic carbocycles. The van der Waals surface area contributed by atoms with E-state index in [1.807, 2.05) is 37.5 Å². The molecule has 0 saturated carbocycles. The summed E-state index contributed by atoms with van der Waals surface area (Å²) in [6.07, 6.45) is 4.90. The molecule has 9 heteroatoms. The van der Waals surface area contributed by atoms with E-state index >= 15 is 0 Å². The molecule has 3 N–H and O–H groups in total. The van der Waals surface area contributed by atoms with Crippen molar-refractivity contribution in [3.63, 3.8) is 0 Å². The number of aryl methyl sites for hydroxylation is 1. The highest BCUT2D eigenvalue weighted by molar-refractivity contribution is 5.87. The maximum absolute atomic E-state index is 6.43. The van der Waals surface area contributed by atoms with E-state index in [1.54, 1.807) is 4.52 Å². The number of aliphatic imine (C=N–C) groups is 1. The number of piperidine rings is 1. The number of pyridine rings is 1. The molecule has 3 aromatic heterocycles. The number of aromatic nitrogens is 4. The van der Waals surface area contributed by atoms with E-state index in [0.717, 1.165) is 60.9 Å². The smallest absolute Gasteiger partial charge is 0.243 e. The first-order chi connectivity index (χ1) is 16.4. The lowest BCUT2D eigenvalue weighted by molar-refractivity contribution is -0.0763. The highest BCUT2D eigenvalue weighted by Gasteiger charge is 2.33. The van der Waals surface area contributed by atoms with Crippen molar-refractivity contribution in [2.75, 3.05) is 37.4 Å². The van der Waals surface area contributed by atoms with Crippen molar-refractivity contribution in [2.45, 2.75) is 46.2 Å². The minimum atomic E-state index is 0.312. The van der Waals surface area contributed by atoms with Gasteiger partial charge >= 0.3 is 0 Å². The van der Waals surface area contributed by atoms with E-state index in [2.05, 4.69) is 41.0 Å². The number of ether oxygens (including phenoxy) is 1. The number of fused-ring (bicyclic) bond motifs is 1. The molecule has 34 heavy (non-hydrogen) atoms. The molecule has 2 aliphatic rings. The van der Waals surface area contributed by atoms with Crippen LogP contribution in [0.15, 0.2) is 29.4 Å². The summed E-state index contributed by atoms with van der Waals surface area (Å²) in [6.45, 7) is 12.3. The van der Waals surface area contributed by atoms with Gasteiger partial charge in [0.2, 0.25) is 5.95 Å². The Kier molecular flexibility index (Phi) is 6.22. The van der Waals surface area contributed by atoms with Gasteiger partial charge < -0.3 is 15.8 Å². The third-order valence-corrected chi connectivity index (χ3v) is 6.77. The Hall–Kier alpha value is -3.04. The predicted octanol–water partition coefficient (Wildman–Crippen LogP) is 3.56. The van der Waals surface area contributed by atoms with Crippen molar-refractivity contribution >= 4 is 29.2 Å².